The molecule has 0 saturated heterocycles. The maximum Gasteiger partial charge on any atom is 0.143 e. The van der Waals surface area contributed by atoms with Crippen LogP contribution in [-0.2, 0) is 6.42 Å². The Bertz CT molecular complexity index is 1090. The molecule has 0 aliphatic rings. The third-order valence-electron chi connectivity index (χ3n) is 4.65. The summed E-state index contributed by atoms with van der Waals surface area (Å²) in [5.41, 5.74) is 4.29. The molecule has 5 heteroatoms. The summed E-state index contributed by atoms with van der Waals surface area (Å²) in [6, 6.07) is 16.9. The molecular weight excluding hydrogens is 344 g/mol. The SMILES string of the molecule is CCc1cccc2nc(-c3c(C)cccc3F)c(Nc3ccc(F)cc3)n12. The summed E-state index contributed by atoms with van der Waals surface area (Å²) in [5.74, 6) is 0.0407. The van der Waals surface area contributed by atoms with Crippen molar-refractivity contribution in [3.8, 4) is 11.3 Å². The Morgan fingerprint density at radius 3 is 2.41 bits per heavy atom. The van der Waals surface area contributed by atoms with Gasteiger partial charge in [0.05, 0.1) is 0 Å². The minimum Gasteiger partial charge on any atom is -0.339 e. The maximum atomic E-state index is 14.7. The Balaban J connectivity index is 1.99. The van der Waals surface area contributed by atoms with Gasteiger partial charge in [-0.1, -0.05) is 25.1 Å². The first-order valence-corrected chi connectivity index (χ1v) is 8.87. The molecule has 0 fully saturated rings. The van der Waals surface area contributed by atoms with Crippen LogP contribution in [-0.4, -0.2) is 9.38 Å². The second kappa shape index (κ2) is 6.83. The lowest BCUT2D eigenvalue weighted by atomic mass is 10.0. The molecule has 0 unspecified atom stereocenters. The van der Waals surface area contributed by atoms with E-state index >= 15 is 0 Å². The molecule has 1 N–H and O–H groups in total. The number of benzene rings is 2. The normalized spacial score (nSPS) is 11.1. The van der Waals surface area contributed by atoms with E-state index in [0.717, 1.165) is 23.3 Å². The second-order valence-electron chi connectivity index (χ2n) is 6.44. The van der Waals surface area contributed by atoms with E-state index in [1.54, 1.807) is 18.2 Å². The van der Waals surface area contributed by atoms with Crippen LogP contribution in [0, 0.1) is 18.6 Å². The number of anilines is 2. The zero-order valence-corrected chi connectivity index (χ0v) is 15.1. The molecule has 3 nitrogen and oxygen atoms in total. The first-order valence-electron chi connectivity index (χ1n) is 8.87. The fraction of sp³-hybridized carbons (Fsp3) is 0.136. The van der Waals surface area contributed by atoms with Gasteiger partial charge in [0, 0.05) is 16.9 Å². The molecular formula is C22H19F2N3. The average molecular weight is 363 g/mol. The van der Waals surface area contributed by atoms with Gasteiger partial charge in [0.2, 0.25) is 0 Å². The van der Waals surface area contributed by atoms with Crippen LogP contribution in [0.4, 0.5) is 20.3 Å². The van der Waals surface area contributed by atoms with Crippen molar-refractivity contribution in [3.05, 3.63) is 83.6 Å². The van der Waals surface area contributed by atoms with Crippen molar-refractivity contribution in [2.24, 2.45) is 0 Å². The molecule has 27 heavy (non-hydrogen) atoms. The van der Waals surface area contributed by atoms with Gasteiger partial charge in [0.25, 0.3) is 0 Å². The predicted molar refractivity (Wildman–Crippen MR) is 104 cm³/mol. The summed E-state index contributed by atoms with van der Waals surface area (Å²) in [6.07, 6.45) is 0.793. The van der Waals surface area contributed by atoms with Gasteiger partial charge in [-0.2, -0.15) is 0 Å². The van der Waals surface area contributed by atoms with Crippen molar-refractivity contribution >= 4 is 17.2 Å². The van der Waals surface area contributed by atoms with E-state index in [2.05, 4.69) is 12.2 Å². The lowest BCUT2D eigenvalue weighted by Gasteiger charge is -2.13. The zero-order valence-electron chi connectivity index (χ0n) is 15.1. The molecule has 0 spiro atoms. The van der Waals surface area contributed by atoms with Crippen LogP contribution in [0.5, 0.6) is 0 Å². The van der Waals surface area contributed by atoms with Crippen LogP contribution < -0.4 is 5.32 Å². The molecule has 0 aliphatic carbocycles. The Labute approximate surface area is 156 Å². The van der Waals surface area contributed by atoms with E-state index in [9.17, 15) is 8.78 Å². The van der Waals surface area contributed by atoms with Crippen LogP contribution >= 0.6 is 0 Å². The van der Waals surface area contributed by atoms with Crippen molar-refractivity contribution in [1.29, 1.82) is 0 Å². The molecule has 2 heterocycles. The fourth-order valence-corrected chi connectivity index (χ4v) is 3.33. The van der Waals surface area contributed by atoms with Crippen LogP contribution in [0.15, 0.2) is 60.7 Å². The van der Waals surface area contributed by atoms with E-state index in [1.807, 2.05) is 35.6 Å². The Hall–Kier alpha value is -3.21. The minimum atomic E-state index is -0.321. The van der Waals surface area contributed by atoms with Gasteiger partial charge in [-0.25, -0.2) is 13.8 Å². The summed E-state index contributed by atoms with van der Waals surface area (Å²) in [7, 11) is 0. The van der Waals surface area contributed by atoms with Gasteiger partial charge >= 0.3 is 0 Å². The van der Waals surface area contributed by atoms with E-state index < -0.39 is 0 Å². The van der Waals surface area contributed by atoms with Crippen LogP contribution in [0.25, 0.3) is 16.9 Å². The van der Waals surface area contributed by atoms with Gasteiger partial charge in [-0.15, -0.1) is 0 Å². The summed E-state index contributed by atoms with van der Waals surface area (Å²) < 4.78 is 30.0. The van der Waals surface area contributed by atoms with Gasteiger partial charge in [0.15, 0.2) is 0 Å². The molecule has 4 rings (SSSR count). The summed E-state index contributed by atoms with van der Waals surface area (Å²) in [6.45, 7) is 3.93. The van der Waals surface area contributed by atoms with E-state index in [4.69, 9.17) is 4.98 Å². The van der Waals surface area contributed by atoms with Crippen LogP contribution in [0.3, 0.4) is 0 Å². The van der Waals surface area contributed by atoms with Crippen LogP contribution in [0.2, 0.25) is 0 Å². The third kappa shape index (κ3) is 3.05. The number of nitrogens with zero attached hydrogens (tertiary/aromatic N) is 2. The number of fused-ring (bicyclic) bond motifs is 1. The van der Waals surface area contributed by atoms with Crippen molar-refractivity contribution < 1.29 is 8.78 Å². The highest BCUT2D eigenvalue weighted by molar-refractivity contribution is 5.81. The molecule has 0 atom stereocenters. The maximum absolute atomic E-state index is 14.7. The molecule has 0 saturated carbocycles. The van der Waals surface area contributed by atoms with Crippen molar-refractivity contribution in [1.82, 2.24) is 9.38 Å². The van der Waals surface area contributed by atoms with Crippen LogP contribution in [0.1, 0.15) is 18.2 Å². The summed E-state index contributed by atoms with van der Waals surface area (Å²) >= 11 is 0. The number of pyridine rings is 1. The molecule has 0 radical (unpaired) electrons. The lowest BCUT2D eigenvalue weighted by molar-refractivity contribution is 0.628. The van der Waals surface area contributed by atoms with Gasteiger partial charge in [-0.3, -0.25) is 4.40 Å². The lowest BCUT2D eigenvalue weighted by Crippen LogP contribution is -2.02. The number of nitrogens with one attached hydrogen (secondary N) is 1. The number of hydrogen-bond acceptors (Lipinski definition) is 2. The second-order valence-corrected chi connectivity index (χ2v) is 6.44. The smallest absolute Gasteiger partial charge is 0.143 e. The first kappa shape index (κ1) is 17.2. The van der Waals surface area contributed by atoms with E-state index in [0.29, 0.717) is 22.8 Å². The molecule has 2 aromatic carbocycles. The van der Waals surface area contributed by atoms with E-state index in [-0.39, 0.29) is 11.6 Å². The number of halogens is 2. The Morgan fingerprint density at radius 2 is 1.70 bits per heavy atom. The van der Waals surface area contributed by atoms with Crippen molar-refractivity contribution in [2.75, 3.05) is 5.32 Å². The van der Waals surface area contributed by atoms with E-state index in [1.165, 1.54) is 18.2 Å². The average Bonchev–Trinajstić information content (AvgIpc) is 3.01. The Morgan fingerprint density at radius 1 is 0.963 bits per heavy atom. The molecule has 2 aromatic heterocycles. The predicted octanol–water partition coefficient (Wildman–Crippen LogP) is 5.89. The number of imidazole rings is 1. The molecule has 0 amide bonds. The number of aryl methyl sites for hydroxylation is 2. The monoisotopic (exact) mass is 363 g/mol. The highest BCUT2D eigenvalue weighted by atomic mass is 19.1. The number of rotatable bonds is 4. The topological polar surface area (TPSA) is 29.3 Å². The molecule has 0 aliphatic heterocycles. The molecule has 4 aromatic rings. The standard InChI is InChI=1S/C22H19F2N3/c1-3-17-7-5-9-19-26-21(20-14(2)6-4-8-18(20)24)22(27(17)19)25-16-12-10-15(23)11-13-16/h4-13,25H,3H2,1-2H3. The molecule has 0 bridgehead atoms. The van der Waals surface area contributed by atoms with Gasteiger partial charge in [0.1, 0.15) is 28.8 Å². The third-order valence-corrected chi connectivity index (χ3v) is 4.65. The largest absolute Gasteiger partial charge is 0.339 e. The zero-order chi connectivity index (χ0) is 19.0. The van der Waals surface area contributed by atoms with Crippen molar-refractivity contribution in [3.63, 3.8) is 0 Å². The first-order chi connectivity index (χ1) is 13.1. The number of aromatic nitrogens is 2. The quantitative estimate of drug-likeness (QED) is 0.489. The number of hydrogen-bond donors (Lipinski definition) is 1. The summed E-state index contributed by atoms with van der Waals surface area (Å²) in [5, 5.41) is 3.32. The van der Waals surface area contributed by atoms with Crippen molar-refractivity contribution in [2.45, 2.75) is 20.3 Å². The minimum absolute atomic E-state index is 0.307. The van der Waals surface area contributed by atoms with Gasteiger partial charge in [-0.05, 0) is 61.4 Å². The molecule has 136 valence electrons. The highest BCUT2D eigenvalue weighted by Crippen LogP contribution is 2.35. The fourth-order valence-electron chi connectivity index (χ4n) is 3.33. The van der Waals surface area contributed by atoms with Gasteiger partial charge < -0.3 is 5.32 Å². The summed E-state index contributed by atoms with van der Waals surface area (Å²) in [4.78, 5) is 4.71. The Kier molecular flexibility index (Phi) is 4.36. The highest BCUT2D eigenvalue weighted by Gasteiger charge is 2.20.